The third-order valence-corrected chi connectivity index (χ3v) is 2.98. The lowest BCUT2D eigenvalue weighted by molar-refractivity contribution is -0.117. The Hall–Kier alpha value is -1.36. The highest BCUT2D eigenvalue weighted by Crippen LogP contribution is 2.30. The van der Waals surface area contributed by atoms with Gasteiger partial charge in [0.15, 0.2) is 0 Å². The Morgan fingerprint density at radius 1 is 1.62 bits per heavy atom. The maximum absolute atomic E-state index is 11.7. The summed E-state index contributed by atoms with van der Waals surface area (Å²) in [5.41, 5.74) is 6.53. The summed E-state index contributed by atoms with van der Waals surface area (Å²) in [6.45, 7) is 1.81. The van der Waals surface area contributed by atoms with Crippen LogP contribution in [0.5, 0.6) is 0 Å². The van der Waals surface area contributed by atoms with E-state index in [0.717, 1.165) is 31.4 Å². The Kier molecular flexibility index (Phi) is 2.96. The number of carbonyl (C=O) groups is 1. The summed E-state index contributed by atoms with van der Waals surface area (Å²) < 4.78 is 5.05. The number of aromatic nitrogens is 1. The van der Waals surface area contributed by atoms with Gasteiger partial charge in [0.1, 0.15) is 6.26 Å². The first-order valence-corrected chi connectivity index (χ1v) is 5.58. The minimum atomic E-state index is -0.328. The van der Waals surface area contributed by atoms with Gasteiger partial charge in [-0.25, -0.2) is 0 Å². The summed E-state index contributed by atoms with van der Waals surface area (Å²) >= 11 is 0. The van der Waals surface area contributed by atoms with Crippen molar-refractivity contribution in [1.82, 2.24) is 4.98 Å². The molecule has 1 aliphatic rings. The van der Waals surface area contributed by atoms with Gasteiger partial charge >= 0.3 is 6.01 Å². The first kappa shape index (κ1) is 11.1. The monoisotopic (exact) mass is 223 g/mol. The quantitative estimate of drug-likeness (QED) is 0.815. The van der Waals surface area contributed by atoms with Crippen LogP contribution < -0.4 is 11.1 Å². The Morgan fingerprint density at radius 3 is 2.88 bits per heavy atom. The number of oxazole rings is 1. The summed E-state index contributed by atoms with van der Waals surface area (Å²) in [5, 5.41) is 2.62. The molecule has 0 spiro atoms. The summed E-state index contributed by atoms with van der Waals surface area (Å²) in [4.78, 5) is 15.7. The second-order valence-corrected chi connectivity index (χ2v) is 4.59. The van der Waals surface area contributed by atoms with Crippen molar-refractivity contribution in [2.75, 3.05) is 5.32 Å². The van der Waals surface area contributed by atoms with E-state index in [4.69, 9.17) is 10.2 Å². The third kappa shape index (κ3) is 2.61. The van der Waals surface area contributed by atoms with Gasteiger partial charge in [0.25, 0.3) is 0 Å². The van der Waals surface area contributed by atoms with Gasteiger partial charge in [0, 0.05) is 12.0 Å². The van der Waals surface area contributed by atoms with Crippen molar-refractivity contribution in [3.8, 4) is 0 Å². The molecule has 1 saturated carbocycles. The minimum absolute atomic E-state index is 0.119. The van der Waals surface area contributed by atoms with Gasteiger partial charge in [-0.05, 0) is 19.8 Å². The molecule has 0 radical (unpaired) electrons. The maximum Gasteiger partial charge on any atom is 0.301 e. The predicted molar refractivity (Wildman–Crippen MR) is 59.9 cm³/mol. The first-order valence-electron chi connectivity index (χ1n) is 5.58. The van der Waals surface area contributed by atoms with Gasteiger partial charge < -0.3 is 10.2 Å². The predicted octanol–water partition coefficient (Wildman–Crippen LogP) is 1.58. The van der Waals surface area contributed by atoms with E-state index in [0.29, 0.717) is 6.42 Å². The van der Waals surface area contributed by atoms with Gasteiger partial charge in [-0.1, -0.05) is 12.8 Å². The number of anilines is 1. The van der Waals surface area contributed by atoms with Crippen LogP contribution in [-0.2, 0) is 4.79 Å². The van der Waals surface area contributed by atoms with Gasteiger partial charge in [-0.15, -0.1) is 0 Å². The summed E-state index contributed by atoms with van der Waals surface area (Å²) in [7, 11) is 0. The Bertz CT molecular complexity index is 380. The molecule has 0 atom stereocenters. The number of aryl methyl sites for hydroxylation is 1. The van der Waals surface area contributed by atoms with Gasteiger partial charge in [0.05, 0.1) is 5.69 Å². The van der Waals surface area contributed by atoms with E-state index in [1.54, 1.807) is 6.92 Å². The molecular weight excluding hydrogens is 206 g/mol. The summed E-state index contributed by atoms with van der Waals surface area (Å²) in [6.07, 6.45) is 5.91. The smallest absolute Gasteiger partial charge is 0.301 e. The first-order chi connectivity index (χ1) is 7.57. The van der Waals surface area contributed by atoms with E-state index >= 15 is 0 Å². The zero-order chi connectivity index (χ0) is 11.6. The number of nitrogens with one attached hydrogen (secondary N) is 1. The normalized spacial score (nSPS) is 18.6. The van der Waals surface area contributed by atoms with Crippen LogP contribution in [-0.4, -0.2) is 16.4 Å². The highest BCUT2D eigenvalue weighted by molar-refractivity contribution is 5.89. The molecule has 88 valence electrons. The molecule has 1 aromatic rings. The number of nitrogens with zero attached hydrogens (tertiary/aromatic N) is 1. The van der Waals surface area contributed by atoms with Crippen LogP contribution in [0.1, 0.15) is 37.8 Å². The van der Waals surface area contributed by atoms with Crippen LogP contribution >= 0.6 is 0 Å². The van der Waals surface area contributed by atoms with Crippen molar-refractivity contribution in [2.24, 2.45) is 5.73 Å². The largest absolute Gasteiger partial charge is 0.432 e. The molecule has 0 bridgehead atoms. The van der Waals surface area contributed by atoms with E-state index in [2.05, 4.69) is 10.3 Å². The number of hydrogen-bond acceptors (Lipinski definition) is 4. The van der Waals surface area contributed by atoms with Crippen LogP contribution in [0.15, 0.2) is 10.7 Å². The van der Waals surface area contributed by atoms with E-state index in [1.165, 1.54) is 6.26 Å². The summed E-state index contributed by atoms with van der Waals surface area (Å²) in [6, 6.07) is 0.254. The SMILES string of the molecule is Cc1coc(NC(=O)CC2(N)CCCC2)n1. The molecule has 1 heterocycles. The van der Waals surface area contributed by atoms with Crippen molar-refractivity contribution in [2.45, 2.75) is 44.6 Å². The van der Waals surface area contributed by atoms with E-state index in [-0.39, 0.29) is 17.5 Å². The molecular formula is C11H17N3O2. The van der Waals surface area contributed by atoms with Crippen LogP contribution in [0.2, 0.25) is 0 Å². The molecule has 16 heavy (non-hydrogen) atoms. The van der Waals surface area contributed by atoms with Crippen molar-refractivity contribution in [3.05, 3.63) is 12.0 Å². The molecule has 0 unspecified atom stereocenters. The molecule has 5 nitrogen and oxygen atoms in total. The Labute approximate surface area is 94.4 Å². The van der Waals surface area contributed by atoms with Crippen molar-refractivity contribution < 1.29 is 9.21 Å². The molecule has 1 fully saturated rings. The molecule has 3 N–H and O–H groups in total. The molecule has 0 aromatic carbocycles. The molecule has 0 saturated heterocycles. The summed E-state index contributed by atoms with van der Waals surface area (Å²) in [5.74, 6) is -0.119. The van der Waals surface area contributed by atoms with Gasteiger partial charge in [-0.3, -0.25) is 10.1 Å². The zero-order valence-corrected chi connectivity index (χ0v) is 9.45. The topological polar surface area (TPSA) is 81.2 Å². The van der Waals surface area contributed by atoms with Gasteiger partial charge in [0.2, 0.25) is 5.91 Å². The van der Waals surface area contributed by atoms with E-state index in [9.17, 15) is 4.79 Å². The fraction of sp³-hybridized carbons (Fsp3) is 0.636. The van der Waals surface area contributed by atoms with Crippen molar-refractivity contribution >= 4 is 11.9 Å². The van der Waals surface area contributed by atoms with Crippen LogP contribution in [0.25, 0.3) is 0 Å². The van der Waals surface area contributed by atoms with Gasteiger partial charge in [-0.2, -0.15) is 4.98 Å². The minimum Gasteiger partial charge on any atom is -0.432 e. The number of carbonyl (C=O) groups excluding carboxylic acids is 1. The van der Waals surface area contributed by atoms with Crippen molar-refractivity contribution in [3.63, 3.8) is 0 Å². The standard InChI is InChI=1S/C11H17N3O2/c1-8-7-16-10(13-8)14-9(15)6-11(12)4-2-3-5-11/h7H,2-6,12H2,1H3,(H,13,14,15). The number of nitrogens with two attached hydrogens (primary N) is 1. The average molecular weight is 223 g/mol. The van der Waals surface area contributed by atoms with Crippen LogP contribution in [0, 0.1) is 6.92 Å². The average Bonchev–Trinajstić information content (AvgIpc) is 2.75. The molecule has 2 rings (SSSR count). The second kappa shape index (κ2) is 4.25. The lowest BCUT2D eigenvalue weighted by Crippen LogP contribution is -2.40. The zero-order valence-electron chi connectivity index (χ0n) is 9.45. The Balaban J connectivity index is 1.89. The molecule has 1 aliphatic carbocycles. The van der Waals surface area contributed by atoms with Crippen LogP contribution in [0.3, 0.4) is 0 Å². The molecule has 1 amide bonds. The molecule has 1 aromatic heterocycles. The van der Waals surface area contributed by atoms with Crippen molar-refractivity contribution in [1.29, 1.82) is 0 Å². The lowest BCUT2D eigenvalue weighted by atomic mass is 9.94. The molecule has 0 aliphatic heterocycles. The fourth-order valence-corrected chi connectivity index (χ4v) is 2.15. The Morgan fingerprint density at radius 2 is 2.31 bits per heavy atom. The number of hydrogen-bond donors (Lipinski definition) is 2. The second-order valence-electron chi connectivity index (χ2n) is 4.59. The third-order valence-electron chi connectivity index (χ3n) is 2.98. The lowest BCUT2D eigenvalue weighted by Gasteiger charge is -2.21. The highest BCUT2D eigenvalue weighted by Gasteiger charge is 2.31. The number of rotatable bonds is 3. The highest BCUT2D eigenvalue weighted by atomic mass is 16.4. The van der Waals surface area contributed by atoms with E-state index < -0.39 is 0 Å². The molecule has 5 heteroatoms. The number of amides is 1. The fourth-order valence-electron chi connectivity index (χ4n) is 2.15. The van der Waals surface area contributed by atoms with E-state index in [1.807, 2.05) is 0 Å². The van der Waals surface area contributed by atoms with Crippen LogP contribution in [0.4, 0.5) is 6.01 Å². The maximum atomic E-state index is 11.7.